The van der Waals surface area contributed by atoms with Gasteiger partial charge in [-0.25, -0.2) is 0 Å². The highest BCUT2D eigenvalue weighted by atomic mass is 35.5. The summed E-state index contributed by atoms with van der Waals surface area (Å²) in [6.07, 6.45) is 1.88. The minimum Gasteiger partial charge on any atom is -0.384 e. The molecular formula is C26H22ClN5OS2. The quantitative estimate of drug-likeness (QED) is 0.407. The zero-order valence-electron chi connectivity index (χ0n) is 19.0. The molecular weight excluding hydrogens is 498 g/mol. The Balaban J connectivity index is 1.54. The number of aryl methyl sites for hydroxylation is 1. The summed E-state index contributed by atoms with van der Waals surface area (Å²) in [5.74, 6) is 0.558. The zero-order chi connectivity index (χ0) is 24.5. The molecule has 1 atom stereocenters. The number of nitrogens with two attached hydrogens (primary N) is 1. The molecule has 2 heterocycles. The number of carbonyl (C=O) groups is 1. The molecule has 0 fully saturated rings. The van der Waals surface area contributed by atoms with Crippen LogP contribution in [0.2, 0.25) is 5.02 Å². The lowest BCUT2D eigenvalue weighted by Gasteiger charge is -2.38. The Morgan fingerprint density at radius 1 is 1.20 bits per heavy atom. The fourth-order valence-electron chi connectivity index (χ4n) is 4.63. The Morgan fingerprint density at radius 3 is 2.74 bits per heavy atom. The van der Waals surface area contributed by atoms with Gasteiger partial charge >= 0.3 is 0 Å². The van der Waals surface area contributed by atoms with Gasteiger partial charge in [-0.3, -0.25) is 9.69 Å². The molecule has 2 N–H and O–H groups in total. The minimum absolute atomic E-state index is 0.0580. The number of nitriles is 1. The number of thioether (sulfide) groups is 1. The van der Waals surface area contributed by atoms with E-state index in [0.29, 0.717) is 45.7 Å². The first kappa shape index (κ1) is 23.6. The molecule has 9 heteroatoms. The van der Waals surface area contributed by atoms with Crippen LogP contribution in [0.25, 0.3) is 0 Å². The molecule has 0 spiro atoms. The molecule has 2 aliphatic rings. The molecule has 5 rings (SSSR count). The Kier molecular flexibility index (Phi) is 6.65. The maximum Gasteiger partial charge on any atom is 0.219 e. The average molecular weight is 520 g/mol. The van der Waals surface area contributed by atoms with Gasteiger partial charge in [-0.05, 0) is 42.5 Å². The molecule has 0 radical (unpaired) electrons. The fraction of sp³-hybridized carbons (Fsp3) is 0.231. The normalized spacial score (nSPS) is 18.0. The van der Waals surface area contributed by atoms with Crippen molar-refractivity contribution in [2.45, 2.75) is 42.2 Å². The number of allylic oxidation sites excluding steroid dienone is 3. The third-order valence-electron chi connectivity index (χ3n) is 6.31. The first-order valence-corrected chi connectivity index (χ1v) is 13.4. The molecule has 3 aromatic rings. The van der Waals surface area contributed by atoms with Crippen molar-refractivity contribution in [3.63, 3.8) is 0 Å². The van der Waals surface area contributed by atoms with Gasteiger partial charge in [-0.1, -0.05) is 77.2 Å². The molecule has 0 bridgehead atoms. The zero-order valence-corrected chi connectivity index (χ0v) is 21.4. The van der Waals surface area contributed by atoms with Crippen molar-refractivity contribution in [2.24, 2.45) is 5.73 Å². The number of benzene rings is 2. The summed E-state index contributed by atoms with van der Waals surface area (Å²) >= 11 is 9.22. The van der Waals surface area contributed by atoms with Crippen LogP contribution in [-0.2, 0) is 10.5 Å². The lowest BCUT2D eigenvalue weighted by Crippen LogP contribution is -2.38. The van der Waals surface area contributed by atoms with E-state index in [1.807, 2.05) is 55.5 Å². The van der Waals surface area contributed by atoms with E-state index < -0.39 is 5.92 Å². The van der Waals surface area contributed by atoms with Crippen LogP contribution in [0.5, 0.6) is 0 Å². The summed E-state index contributed by atoms with van der Waals surface area (Å²) in [6, 6.07) is 17.9. The molecule has 176 valence electrons. The smallest absolute Gasteiger partial charge is 0.219 e. The topological polar surface area (TPSA) is 95.9 Å². The highest BCUT2D eigenvalue weighted by Crippen LogP contribution is 2.47. The molecule has 0 amide bonds. The second-order valence-electron chi connectivity index (χ2n) is 8.40. The Hall–Kier alpha value is -3.12. The Morgan fingerprint density at radius 2 is 1.97 bits per heavy atom. The number of anilines is 1. The number of rotatable bonds is 5. The van der Waals surface area contributed by atoms with Gasteiger partial charge in [0.25, 0.3) is 0 Å². The van der Waals surface area contributed by atoms with Crippen LogP contribution in [0.3, 0.4) is 0 Å². The lowest BCUT2D eigenvalue weighted by atomic mass is 9.75. The number of hydrogen-bond acceptors (Lipinski definition) is 8. The van der Waals surface area contributed by atoms with Gasteiger partial charge in [-0.2, -0.15) is 5.26 Å². The summed E-state index contributed by atoms with van der Waals surface area (Å²) < 4.78 is 0.761. The summed E-state index contributed by atoms with van der Waals surface area (Å²) in [4.78, 5) is 15.0. The number of hydrogen-bond donors (Lipinski definition) is 1. The minimum atomic E-state index is -0.470. The molecule has 0 saturated heterocycles. The number of nitrogens with zero attached hydrogens (tertiary/aromatic N) is 4. The van der Waals surface area contributed by atoms with Gasteiger partial charge in [0.05, 0.1) is 17.6 Å². The van der Waals surface area contributed by atoms with Crippen LogP contribution < -0.4 is 10.6 Å². The predicted molar refractivity (Wildman–Crippen MR) is 140 cm³/mol. The van der Waals surface area contributed by atoms with E-state index in [4.69, 9.17) is 17.3 Å². The van der Waals surface area contributed by atoms with Crippen molar-refractivity contribution < 1.29 is 4.79 Å². The summed E-state index contributed by atoms with van der Waals surface area (Å²) in [5.41, 5.74) is 11.5. The van der Waals surface area contributed by atoms with Crippen LogP contribution in [0.4, 0.5) is 5.13 Å². The van der Waals surface area contributed by atoms with Crippen molar-refractivity contribution in [2.75, 3.05) is 4.90 Å². The van der Waals surface area contributed by atoms with E-state index in [-0.39, 0.29) is 5.78 Å². The van der Waals surface area contributed by atoms with Gasteiger partial charge in [-0.15, -0.1) is 10.2 Å². The maximum absolute atomic E-state index is 13.3. The van der Waals surface area contributed by atoms with Crippen molar-refractivity contribution in [1.82, 2.24) is 10.2 Å². The molecule has 2 aromatic carbocycles. The second-order valence-corrected chi connectivity index (χ2v) is 11.0. The van der Waals surface area contributed by atoms with Gasteiger partial charge in [0.15, 0.2) is 10.1 Å². The molecule has 1 unspecified atom stereocenters. The van der Waals surface area contributed by atoms with Crippen LogP contribution in [0.1, 0.15) is 41.9 Å². The number of carbonyl (C=O) groups excluding carboxylic acids is 1. The van der Waals surface area contributed by atoms with E-state index in [9.17, 15) is 10.1 Å². The summed E-state index contributed by atoms with van der Waals surface area (Å²) in [5, 5.41) is 20.2. The number of halogens is 1. The number of aromatic nitrogens is 2. The largest absolute Gasteiger partial charge is 0.384 e. The molecule has 1 aromatic heterocycles. The molecule has 1 aliphatic carbocycles. The maximum atomic E-state index is 13.3. The predicted octanol–water partition coefficient (Wildman–Crippen LogP) is 6.10. The van der Waals surface area contributed by atoms with Crippen molar-refractivity contribution in [3.8, 4) is 6.07 Å². The van der Waals surface area contributed by atoms with Crippen LogP contribution in [-0.4, -0.2) is 16.0 Å². The van der Waals surface area contributed by atoms with E-state index in [2.05, 4.69) is 16.3 Å². The third kappa shape index (κ3) is 4.36. The fourth-order valence-corrected chi connectivity index (χ4v) is 6.80. The van der Waals surface area contributed by atoms with E-state index in [0.717, 1.165) is 33.1 Å². The third-order valence-corrected chi connectivity index (χ3v) is 8.77. The summed E-state index contributed by atoms with van der Waals surface area (Å²) in [7, 11) is 0. The SMILES string of the molecule is Cc1ccccc1C1C(C#N)=C(N)N(c2nnc(SCc3ccccc3Cl)s2)C2=C1C(=O)CCC2. The van der Waals surface area contributed by atoms with E-state index >= 15 is 0 Å². The first-order chi connectivity index (χ1) is 17.0. The van der Waals surface area contributed by atoms with Gasteiger partial charge in [0, 0.05) is 28.5 Å². The number of Topliss-reactive ketones (excluding diaryl/α,β-unsaturated/α-hetero) is 1. The second kappa shape index (κ2) is 9.86. The average Bonchev–Trinajstić information content (AvgIpc) is 3.32. The van der Waals surface area contributed by atoms with Crippen molar-refractivity contribution >= 4 is 45.6 Å². The van der Waals surface area contributed by atoms with Crippen LogP contribution in [0.15, 0.2) is 75.5 Å². The van der Waals surface area contributed by atoms with E-state index in [1.54, 1.807) is 4.90 Å². The highest BCUT2D eigenvalue weighted by molar-refractivity contribution is 8.00. The van der Waals surface area contributed by atoms with Gasteiger partial charge < -0.3 is 5.73 Å². The highest BCUT2D eigenvalue weighted by Gasteiger charge is 2.41. The summed E-state index contributed by atoms with van der Waals surface area (Å²) in [6.45, 7) is 1.99. The monoisotopic (exact) mass is 519 g/mol. The molecule has 6 nitrogen and oxygen atoms in total. The number of ketones is 1. The van der Waals surface area contributed by atoms with E-state index in [1.165, 1.54) is 23.1 Å². The standard InChI is InChI=1S/C26H22ClN5OS2/c1-15-7-2-4-9-17(15)22-18(13-28)24(29)32(20-11-6-12-21(33)23(20)22)25-30-31-26(35-25)34-14-16-8-3-5-10-19(16)27/h2-5,7-10,22H,6,11-12,14,29H2,1H3. The Labute approximate surface area is 217 Å². The first-order valence-electron chi connectivity index (χ1n) is 11.2. The van der Waals surface area contributed by atoms with Gasteiger partial charge in [0.2, 0.25) is 5.13 Å². The van der Waals surface area contributed by atoms with Crippen LogP contribution in [0, 0.1) is 18.3 Å². The molecule has 0 saturated carbocycles. The lowest BCUT2D eigenvalue weighted by molar-refractivity contribution is -0.116. The van der Waals surface area contributed by atoms with Crippen molar-refractivity contribution in [1.29, 1.82) is 5.26 Å². The Bertz CT molecular complexity index is 1420. The van der Waals surface area contributed by atoms with Gasteiger partial charge in [0.1, 0.15) is 5.82 Å². The van der Waals surface area contributed by atoms with Crippen molar-refractivity contribution in [3.05, 3.63) is 92.9 Å². The molecule has 1 aliphatic heterocycles. The van der Waals surface area contributed by atoms with Crippen LogP contribution >= 0.6 is 34.7 Å². The molecule has 35 heavy (non-hydrogen) atoms.